The van der Waals surface area contributed by atoms with Crippen LogP contribution in [0, 0.1) is 22.1 Å². The van der Waals surface area contributed by atoms with Crippen molar-refractivity contribution in [2.75, 3.05) is 20.7 Å². The molecule has 1 amide bonds. The second-order valence-electron chi connectivity index (χ2n) is 8.49. The Morgan fingerprint density at radius 3 is 2.42 bits per heavy atom. The van der Waals surface area contributed by atoms with E-state index in [4.69, 9.17) is 16.2 Å². The minimum Gasteiger partial charge on any atom is -0.508 e. The van der Waals surface area contributed by atoms with Crippen molar-refractivity contribution in [2.24, 2.45) is 16.5 Å². The number of likely N-dealkylation sites (N-methyl/N-ethyl adjacent to an activating group) is 1. The van der Waals surface area contributed by atoms with Crippen LogP contribution in [0.25, 0.3) is 0 Å². The zero-order valence-corrected chi connectivity index (χ0v) is 21.3. The van der Waals surface area contributed by atoms with Gasteiger partial charge in [0.1, 0.15) is 11.8 Å². The topological polar surface area (TPSA) is 186 Å². The predicted octanol–water partition coefficient (Wildman–Crippen LogP) is 0.755. The first-order valence-corrected chi connectivity index (χ1v) is 11.7. The number of carbonyl (C=O) groups excluding carboxylic acids is 2. The number of ether oxygens (including phenoxy) is 1. The van der Waals surface area contributed by atoms with Gasteiger partial charge in [-0.3, -0.25) is 14.9 Å². The summed E-state index contributed by atoms with van der Waals surface area (Å²) in [6.45, 7) is -0.468. The molecule has 0 aliphatic carbocycles. The normalized spacial score (nSPS) is 12.6. The summed E-state index contributed by atoms with van der Waals surface area (Å²) in [6, 6.07) is 17.8. The van der Waals surface area contributed by atoms with Gasteiger partial charge in [-0.2, -0.15) is 0 Å². The van der Waals surface area contributed by atoms with Crippen molar-refractivity contribution in [2.45, 2.75) is 37.4 Å². The molecule has 0 fully saturated rings. The Labute approximate surface area is 220 Å². The third-order valence-corrected chi connectivity index (χ3v) is 5.58. The molecule has 0 saturated carbocycles. The van der Waals surface area contributed by atoms with Crippen LogP contribution in [-0.2, 0) is 27.2 Å². The molecule has 0 aliphatic rings. The van der Waals surface area contributed by atoms with E-state index < -0.39 is 41.0 Å². The number of aromatic hydroxyl groups is 1. The summed E-state index contributed by atoms with van der Waals surface area (Å²) in [5.74, 6) is 1.04. The van der Waals surface area contributed by atoms with Crippen LogP contribution >= 0.6 is 0 Å². The Morgan fingerprint density at radius 2 is 1.84 bits per heavy atom. The van der Waals surface area contributed by atoms with Gasteiger partial charge in [-0.1, -0.05) is 48.4 Å². The number of phenols is 1. The maximum Gasteiger partial charge on any atom is 0.354 e. The highest BCUT2D eigenvalue weighted by Gasteiger charge is 2.43. The summed E-state index contributed by atoms with van der Waals surface area (Å²) < 4.78 is 4.85. The number of methoxy groups -OCH3 is 1. The maximum atomic E-state index is 13.6. The first-order chi connectivity index (χ1) is 18.1. The summed E-state index contributed by atoms with van der Waals surface area (Å²) in [7, 11) is 2.73. The number of carbonyl (C=O) groups is 2. The van der Waals surface area contributed by atoms with E-state index in [0.29, 0.717) is 6.42 Å². The summed E-state index contributed by atoms with van der Waals surface area (Å²) in [5.41, 5.74) is 10.8. The maximum absolute atomic E-state index is 13.6. The third kappa shape index (κ3) is 9.02. The summed E-state index contributed by atoms with van der Waals surface area (Å²) >= 11 is 0. The third-order valence-electron chi connectivity index (χ3n) is 5.58. The zero-order valence-electron chi connectivity index (χ0n) is 21.3. The summed E-state index contributed by atoms with van der Waals surface area (Å²) in [4.78, 5) is 42.2. The lowest BCUT2D eigenvalue weighted by Gasteiger charge is -2.32. The van der Waals surface area contributed by atoms with Gasteiger partial charge in [0.05, 0.1) is 7.11 Å². The van der Waals surface area contributed by atoms with Gasteiger partial charge in [-0.25, -0.2) is 9.79 Å². The molecule has 0 saturated heterocycles. The van der Waals surface area contributed by atoms with Crippen LogP contribution in [0.4, 0.5) is 0 Å². The number of nitrogens with two attached hydrogens (primary N) is 2. The number of nitrogens with one attached hydrogen (secondary N) is 1. The zero-order chi connectivity index (χ0) is 28.1. The number of esters is 1. The lowest BCUT2D eigenvalue weighted by Crippen LogP contribution is -2.59. The first-order valence-electron chi connectivity index (χ1n) is 11.7. The van der Waals surface area contributed by atoms with Crippen LogP contribution in [0.3, 0.4) is 0 Å². The number of hydrogen-bond donors (Lipinski definition) is 4. The number of nitrogens with zero attached hydrogens (tertiary/aromatic N) is 3. The number of guanidine groups is 1. The Morgan fingerprint density at radius 1 is 1.18 bits per heavy atom. The Hall–Kier alpha value is -4.79. The molecule has 0 spiro atoms. The van der Waals surface area contributed by atoms with Crippen molar-refractivity contribution >= 4 is 17.8 Å². The lowest BCUT2D eigenvalue weighted by atomic mass is 10.0. The molecule has 0 aromatic heterocycles. The molecule has 12 heteroatoms. The molecule has 2 aromatic rings. The van der Waals surface area contributed by atoms with Gasteiger partial charge in [0, 0.05) is 43.7 Å². The van der Waals surface area contributed by atoms with Crippen LogP contribution in [0.15, 0.2) is 59.6 Å². The van der Waals surface area contributed by atoms with Crippen molar-refractivity contribution < 1.29 is 24.4 Å². The molecule has 2 atom stereocenters. The van der Waals surface area contributed by atoms with Crippen molar-refractivity contribution in [1.82, 2.24) is 10.2 Å². The van der Waals surface area contributed by atoms with E-state index in [1.165, 1.54) is 4.90 Å². The van der Waals surface area contributed by atoms with Crippen molar-refractivity contribution in [3.63, 3.8) is 0 Å². The van der Waals surface area contributed by atoms with Gasteiger partial charge in [0.25, 0.3) is 0 Å². The van der Waals surface area contributed by atoms with Gasteiger partial charge in [0.2, 0.25) is 18.1 Å². The molecule has 38 heavy (non-hydrogen) atoms. The Kier molecular flexibility index (Phi) is 10.9. The number of phenolic OH excluding ortho intramolecular Hbond substituents is 1. The number of nitro groups is 1. The van der Waals surface area contributed by atoms with Gasteiger partial charge in [-0.05, 0) is 23.3 Å². The van der Waals surface area contributed by atoms with Crippen molar-refractivity contribution in [3.05, 3.63) is 75.8 Å². The van der Waals surface area contributed by atoms with E-state index in [-0.39, 0.29) is 25.0 Å². The minimum absolute atomic E-state index is 0.106. The molecule has 0 unspecified atom stereocenters. The number of benzene rings is 2. The SMILES string of the molecule is COC(=O)[C@@](CCC[N+](=O)[O-])(N=C(N)N)NC(=O)[C@H](Cc1ccccc1)N(C)C#CCc1ccc(O)cc1. The highest BCUT2D eigenvalue weighted by Crippen LogP contribution is 2.19. The molecule has 2 aromatic carbocycles. The molecule has 2 rings (SSSR count). The second-order valence-corrected chi connectivity index (χ2v) is 8.49. The van der Waals surface area contributed by atoms with Crippen LogP contribution < -0.4 is 16.8 Å². The van der Waals surface area contributed by atoms with E-state index in [1.54, 1.807) is 31.3 Å². The van der Waals surface area contributed by atoms with Crippen molar-refractivity contribution in [3.8, 4) is 17.7 Å². The smallest absolute Gasteiger partial charge is 0.354 e. The molecule has 6 N–H and O–H groups in total. The lowest BCUT2D eigenvalue weighted by molar-refractivity contribution is -0.480. The largest absolute Gasteiger partial charge is 0.508 e. The van der Waals surface area contributed by atoms with E-state index in [1.807, 2.05) is 30.3 Å². The number of amides is 1. The van der Waals surface area contributed by atoms with E-state index in [9.17, 15) is 24.8 Å². The van der Waals surface area contributed by atoms with Gasteiger partial charge < -0.3 is 31.5 Å². The minimum atomic E-state index is -2.06. The molecule has 0 radical (unpaired) electrons. The monoisotopic (exact) mass is 524 g/mol. The second kappa shape index (κ2) is 14.1. The standard InChI is InChI=1S/C26H32N6O6/c1-31(16-6-10-19-11-13-21(33)14-12-19)22(18-20-8-4-3-5-9-20)23(34)29-26(24(35)38-2,30-25(27)28)15-7-17-32(36)37/h3-5,8-9,11-14,22,33H,7,10,15,17-18H2,1-2H3,(H,29,34)(H4,27,28,30)/t22-,26+/m0/s1. The van der Waals surface area contributed by atoms with E-state index in [0.717, 1.165) is 18.2 Å². The molecule has 0 aliphatic heterocycles. The number of hydrogen-bond acceptors (Lipinski definition) is 8. The average molecular weight is 525 g/mol. The van der Waals surface area contributed by atoms with E-state index in [2.05, 4.69) is 22.3 Å². The molecule has 12 nitrogen and oxygen atoms in total. The highest BCUT2D eigenvalue weighted by molar-refractivity contribution is 5.92. The predicted molar refractivity (Wildman–Crippen MR) is 141 cm³/mol. The molecular formula is C26H32N6O6. The fourth-order valence-electron chi connectivity index (χ4n) is 3.69. The van der Waals surface area contributed by atoms with Gasteiger partial charge >= 0.3 is 5.97 Å². The van der Waals surface area contributed by atoms with E-state index >= 15 is 0 Å². The van der Waals surface area contributed by atoms with Crippen molar-refractivity contribution in [1.29, 1.82) is 0 Å². The number of rotatable bonds is 12. The average Bonchev–Trinajstić information content (AvgIpc) is 2.87. The quantitative estimate of drug-likeness (QED) is 0.0591. The highest BCUT2D eigenvalue weighted by atomic mass is 16.6. The van der Waals surface area contributed by atoms with Crippen LogP contribution in [-0.4, -0.2) is 65.2 Å². The summed E-state index contributed by atoms with van der Waals surface area (Å²) in [6.07, 6.45) is 0.222. The van der Waals surface area contributed by atoms with Crippen LogP contribution in [0.5, 0.6) is 5.75 Å². The molecular weight excluding hydrogens is 492 g/mol. The molecule has 0 bridgehead atoms. The fraction of sp³-hybridized carbons (Fsp3) is 0.346. The fourth-order valence-corrected chi connectivity index (χ4v) is 3.69. The Bertz CT molecular complexity index is 1190. The molecule has 202 valence electrons. The van der Waals surface area contributed by atoms with Gasteiger partial charge in [-0.15, -0.1) is 0 Å². The Balaban J connectivity index is 2.37. The van der Waals surface area contributed by atoms with Crippen LogP contribution in [0.2, 0.25) is 0 Å². The van der Waals surface area contributed by atoms with Crippen LogP contribution in [0.1, 0.15) is 24.0 Å². The number of aliphatic imine (C=N–C) groups is 1. The summed E-state index contributed by atoms with van der Waals surface area (Å²) in [5, 5.41) is 22.9. The van der Waals surface area contributed by atoms with Gasteiger partial charge in [0.15, 0.2) is 5.96 Å². The first kappa shape index (κ1) is 29.4. The molecule has 0 heterocycles.